The van der Waals surface area contributed by atoms with Crippen molar-refractivity contribution >= 4 is 29.3 Å². The molecule has 22 heavy (non-hydrogen) atoms. The maximum Gasteiger partial charge on any atom is 0.320 e. The quantitative estimate of drug-likeness (QED) is 0.900. The van der Waals surface area contributed by atoms with Crippen LogP contribution in [0, 0.1) is 0 Å². The maximum absolute atomic E-state index is 12.7. The number of aliphatic carboxylic acids is 1. The van der Waals surface area contributed by atoms with Gasteiger partial charge < -0.3 is 10.0 Å². The molecule has 1 aromatic carbocycles. The van der Waals surface area contributed by atoms with Crippen LogP contribution in [0.25, 0.3) is 0 Å². The molecule has 5 nitrogen and oxygen atoms in total. The molecule has 0 radical (unpaired) electrons. The van der Waals surface area contributed by atoms with Gasteiger partial charge >= 0.3 is 5.97 Å². The molecule has 6 heteroatoms. The number of carbonyl (C=O) groups is 2. The molecule has 1 saturated carbocycles. The number of carbonyl (C=O) groups excluding carboxylic acids is 1. The largest absolute Gasteiger partial charge is 0.480 e. The lowest BCUT2D eigenvalue weighted by Gasteiger charge is -2.32. The third-order valence-corrected chi connectivity index (χ3v) is 5.26. The summed E-state index contributed by atoms with van der Waals surface area (Å²) in [5.74, 6) is 0.00256. The third-order valence-electron chi connectivity index (χ3n) is 4.22. The van der Waals surface area contributed by atoms with E-state index in [-0.39, 0.29) is 18.5 Å². The number of fused-ring (bicyclic) bond motifs is 1. The highest BCUT2D eigenvalue weighted by Crippen LogP contribution is 2.35. The van der Waals surface area contributed by atoms with Gasteiger partial charge in [0.25, 0.3) is 0 Å². The predicted molar refractivity (Wildman–Crippen MR) is 86.3 cm³/mol. The Morgan fingerprint density at radius 3 is 2.82 bits per heavy atom. The summed E-state index contributed by atoms with van der Waals surface area (Å²) in [4.78, 5) is 28.7. The summed E-state index contributed by atoms with van der Waals surface area (Å²) in [6.07, 6.45) is 1.97. The molecule has 118 valence electrons. The molecule has 1 N–H and O–H groups in total. The summed E-state index contributed by atoms with van der Waals surface area (Å²) in [6.45, 7) is 2.52. The van der Waals surface area contributed by atoms with Gasteiger partial charge in [-0.1, -0.05) is 12.1 Å². The van der Waals surface area contributed by atoms with E-state index in [0.29, 0.717) is 6.54 Å². The molecule has 0 bridgehead atoms. The Balaban J connectivity index is 1.75. The van der Waals surface area contributed by atoms with E-state index in [9.17, 15) is 14.7 Å². The van der Waals surface area contributed by atoms with Crippen molar-refractivity contribution in [2.45, 2.75) is 36.7 Å². The molecular weight excluding hydrogens is 300 g/mol. The fourth-order valence-electron chi connectivity index (χ4n) is 2.80. The number of thioether (sulfide) groups is 1. The number of rotatable bonds is 5. The van der Waals surface area contributed by atoms with Crippen molar-refractivity contribution in [1.29, 1.82) is 0 Å². The molecular formula is C16H20N2O3S. The van der Waals surface area contributed by atoms with Gasteiger partial charge in [0.2, 0.25) is 5.91 Å². The molecule has 0 spiro atoms. The van der Waals surface area contributed by atoms with Crippen LogP contribution in [0.15, 0.2) is 29.2 Å². The van der Waals surface area contributed by atoms with Crippen LogP contribution in [0.4, 0.5) is 5.69 Å². The number of carboxylic acids is 1. The topological polar surface area (TPSA) is 60.9 Å². The molecule has 1 atom stereocenters. The molecule has 1 unspecified atom stereocenters. The molecule has 1 fully saturated rings. The molecule has 1 aliphatic heterocycles. The van der Waals surface area contributed by atoms with E-state index < -0.39 is 12.0 Å². The second-order valence-electron chi connectivity index (χ2n) is 5.78. The molecule has 1 aliphatic carbocycles. The van der Waals surface area contributed by atoms with Gasteiger partial charge in [0.15, 0.2) is 0 Å². The fraction of sp³-hybridized carbons (Fsp3) is 0.500. The van der Waals surface area contributed by atoms with Gasteiger partial charge in [-0.05, 0) is 31.9 Å². The molecule has 1 heterocycles. The third kappa shape index (κ3) is 3.13. The maximum atomic E-state index is 12.7. The molecule has 0 saturated heterocycles. The summed E-state index contributed by atoms with van der Waals surface area (Å²) >= 11 is 1.76. The lowest BCUT2D eigenvalue weighted by atomic mass is 10.2. The molecule has 1 aromatic rings. The van der Waals surface area contributed by atoms with E-state index in [4.69, 9.17) is 0 Å². The van der Waals surface area contributed by atoms with E-state index in [0.717, 1.165) is 29.2 Å². The molecule has 3 rings (SSSR count). The van der Waals surface area contributed by atoms with Gasteiger partial charge in [0.05, 0.1) is 12.2 Å². The number of hydrogen-bond acceptors (Lipinski definition) is 4. The second-order valence-corrected chi connectivity index (χ2v) is 6.92. The van der Waals surface area contributed by atoms with Gasteiger partial charge in [-0.15, -0.1) is 11.8 Å². The van der Waals surface area contributed by atoms with Crippen LogP contribution in [0.5, 0.6) is 0 Å². The van der Waals surface area contributed by atoms with E-state index in [1.165, 1.54) is 0 Å². The second kappa shape index (κ2) is 6.30. The van der Waals surface area contributed by atoms with Crippen molar-refractivity contribution in [2.24, 2.45) is 0 Å². The van der Waals surface area contributed by atoms with Crippen LogP contribution in [-0.2, 0) is 9.59 Å². The van der Waals surface area contributed by atoms with Gasteiger partial charge in [-0.25, -0.2) is 0 Å². The molecule has 1 amide bonds. The zero-order valence-electron chi connectivity index (χ0n) is 12.6. The van der Waals surface area contributed by atoms with Crippen LogP contribution in [0.3, 0.4) is 0 Å². The van der Waals surface area contributed by atoms with Crippen molar-refractivity contribution in [3.63, 3.8) is 0 Å². The standard InChI is InChI=1S/C16H20N2O3S/c1-11(16(20)21)18(12-6-7-12)10-15(19)17-8-9-22-14-5-3-2-4-13(14)17/h2-5,11-12H,6-10H2,1H3,(H,20,21). The Hall–Kier alpha value is -1.53. The average Bonchev–Trinajstić information content (AvgIpc) is 3.35. The van der Waals surface area contributed by atoms with Crippen molar-refractivity contribution in [3.05, 3.63) is 24.3 Å². The van der Waals surface area contributed by atoms with Gasteiger partial charge in [-0.3, -0.25) is 14.5 Å². The minimum atomic E-state index is -0.866. The lowest BCUT2D eigenvalue weighted by Crippen LogP contribution is -2.48. The first-order valence-electron chi connectivity index (χ1n) is 7.58. The first-order chi connectivity index (χ1) is 10.6. The van der Waals surface area contributed by atoms with E-state index in [1.807, 2.05) is 29.2 Å². The summed E-state index contributed by atoms with van der Waals surface area (Å²) in [7, 11) is 0. The Labute approximate surface area is 134 Å². The van der Waals surface area contributed by atoms with Crippen molar-refractivity contribution in [3.8, 4) is 0 Å². The fourth-order valence-corrected chi connectivity index (χ4v) is 3.80. The van der Waals surface area contributed by atoms with Gasteiger partial charge in [-0.2, -0.15) is 0 Å². The first-order valence-corrected chi connectivity index (χ1v) is 8.57. The van der Waals surface area contributed by atoms with Crippen LogP contribution in [0.2, 0.25) is 0 Å². The summed E-state index contributed by atoms with van der Waals surface area (Å²) < 4.78 is 0. The molecule has 2 aliphatic rings. The molecule has 0 aromatic heterocycles. The number of nitrogens with zero attached hydrogens (tertiary/aromatic N) is 2. The highest BCUT2D eigenvalue weighted by Gasteiger charge is 2.37. The van der Waals surface area contributed by atoms with Crippen molar-refractivity contribution < 1.29 is 14.7 Å². The zero-order chi connectivity index (χ0) is 15.7. The number of anilines is 1. The average molecular weight is 320 g/mol. The highest BCUT2D eigenvalue weighted by atomic mass is 32.2. The zero-order valence-corrected chi connectivity index (χ0v) is 13.4. The van der Waals surface area contributed by atoms with Gasteiger partial charge in [0, 0.05) is 23.2 Å². The smallest absolute Gasteiger partial charge is 0.320 e. The summed E-state index contributed by atoms with van der Waals surface area (Å²) in [5.41, 5.74) is 0.947. The number of benzene rings is 1. The highest BCUT2D eigenvalue weighted by molar-refractivity contribution is 7.99. The summed E-state index contributed by atoms with van der Waals surface area (Å²) in [6, 6.07) is 7.52. The predicted octanol–water partition coefficient (Wildman–Crippen LogP) is 2.06. The minimum Gasteiger partial charge on any atom is -0.480 e. The normalized spacial score (nSPS) is 18.9. The Morgan fingerprint density at radius 2 is 2.14 bits per heavy atom. The van der Waals surface area contributed by atoms with Crippen LogP contribution in [0.1, 0.15) is 19.8 Å². The number of para-hydroxylation sites is 1. The Morgan fingerprint density at radius 1 is 1.41 bits per heavy atom. The van der Waals surface area contributed by atoms with Crippen molar-refractivity contribution in [1.82, 2.24) is 4.90 Å². The monoisotopic (exact) mass is 320 g/mol. The van der Waals surface area contributed by atoms with Gasteiger partial charge in [0.1, 0.15) is 6.04 Å². The van der Waals surface area contributed by atoms with Crippen LogP contribution >= 0.6 is 11.8 Å². The Kier molecular flexibility index (Phi) is 4.40. The Bertz CT molecular complexity index is 589. The van der Waals surface area contributed by atoms with Crippen LogP contribution < -0.4 is 4.90 Å². The van der Waals surface area contributed by atoms with E-state index in [2.05, 4.69) is 0 Å². The van der Waals surface area contributed by atoms with Crippen molar-refractivity contribution in [2.75, 3.05) is 23.7 Å². The number of amides is 1. The summed E-state index contributed by atoms with van der Waals surface area (Å²) in [5, 5.41) is 9.24. The first kappa shape index (κ1) is 15.4. The minimum absolute atomic E-state index is 0.00671. The number of carboxylic acid groups (broad SMARTS) is 1. The lowest BCUT2D eigenvalue weighted by molar-refractivity contribution is -0.143. The number of hydrogen-bond donors (Lipinski definition) is 1. The van der Waals surface area contributed by atoms with Crippen LogP contribution in [-0.4, -0.2) is 52.8 Å². The van der Waals surface area contributed by atoms with E-state index >= 15 is 0 Å². The van der Waals surface area contributed by atoms with E-state index in [1.54, 1.807) is 23.6 Å². The SMILES string of the molecule is CC(C(=O)O)N(CC(=O)N1CCSc2ccccc21)C1CC1.